The number of benzene rings is 1. The Morgan fingerprint density at radius 2 is 1.83 bits per heavy atom. The molecule has 0 saturated heterocycles. The van der Waals surface area contributed by atoms with Gasteiger partial charge < -0.3 is 4.57 Å². The van der Waals surface area contributed by atoms with Crippen molar-refractivity contribution in [2.24, 2.45) is 0 Å². The highest BCUT2D eigenvalue weighted by atomic mass is 79.9. The number of hydrogen-bond acceptors (Lipinski definition) is 3. The summed E-state index contributed by atoms with van der Waals surface area (Å²) in [5.74, 6) is 1.65. The van der Waals surface area contributed by atoms with Crippen LogP contribution in [-0.2, 0) is 18.4 Å². The second kappa shape index (κ2) is 6.76. The quantitative estimate of drug-likeness (QED) is 0.587. The average Bonchev–Trinajstić information content (AvgIpc) is 3.14. The first-order chi connectivity index (χ1) is 11.4. The fraction of sp³-hybridized carbons (Fsp3) is 0.333. The molecule has 0 radical (unpaired) electrons. The summed E-state index contributed by atoms with van der Waals surface area (Å²) in [6.45, 7) is 7.09. The monoisotopic (exact) mass is 407 g/mol. The molecule has 0 aliphatic rings. The van der Waals surface area contributed by atoms with Gasteiger partial charge in [0.1, 0.15) is 17.5 Å². The molecule has 2 heterocycles. The SMILES string of the molecule is Cc1nnc(C(C)(C)c2ccc(Br)s2)n1CCc1ccc(F)cc1. The van der Waals surface area contributed by atoms with Gasteiger partial charge in [-0.25, -0.2) is 4.39 Å². The summed E-state index contributed by atoms with van der Waals surface area (Å²) in [5, 5.41) is 8.73. The van der Waals surface area contributed by atoms with Crippen LogP contribution in [-0.4, -0.2) is 14.8 Å². The van der Waals surface area contributed by atoms with Crippen molar-refractivity contribution in [2.75, 3.05) is 0 Å². The smallest absolute Gasteiger partial charge is 0.143 e. The largest absolute Gasteiger partial charge is 0.314 e. The van der Waals surface area contributed by atoms with Crippen LogP contribution in [0.25, 0.3) is 0 Å². The molecule has 126 valence electrons. The van der Waals surface area contributed by atoms with Crippen LogP contribution in [0.1, 0.15) is 35.9 Å². The molecule has 0 amide bonds. The third kappa shape index (κ3) is 3.44. The minimum atomic E-state index is -0.221. The maximum atomic E-state index is 13.0. The van der Waals surface area contributed by atoms with Gasteiger partial charge in [0.25, 0.3) is 0 Å². The minimum absolute atomic E-state index is 0.204. The van der Waals surface area contributed by atoms with Crippen LogP contribution >= 0.6 is 27.3 Å². The van der Waals surface area contributed by atoms with E-state index in [1.54, 1.807) is 11.3 Å². The van der Waals surface area contributed by atoms with Gasteiger partial charge in [-0.05, 0) is 73.0 Å². The van der Waals surface area contributed by atoms with Crippen LogP contribution in [0.5, 0.6) is 0 Å². The van der Waals surface area contributed by atoms with Gasteiger partial charge in [0, 0.05) is 11.4 Å². The minimum Gasteiger partial charge on any atom is -0.314 e. The number of aromatic nitrogens is 3. The molecule has 0 spiro atoms. The van der Waals surface area contributed by atoms with Gasteiger partial charge in [0.15, 0.2) is 0 Å². The lowest BCUT2D eigenvalue weighted by Gasteiger charge is -2.23. The van der Waals surface area contributed by atoms with E-state index in [-0.39, 0.29) is 11.2 Å². The van der Waals surface area contributed by atoms with Crippen LogP contribution in [0.4, 0.5) is 4.39 Å². The van der Waals surface area contributed by atoms with Gasteiger partial charge in [0.2, 0.25) is 0 Å². The normalized spacial score (nSPS) is 11.9. The van der Waals surface area contributed by atoms with Crippen molar-refractivity contribution in [2.45, 2.75) is 39.2 Å². The third-order valence-corrected chi connectivity index (χ3v) is 6.17. The Kier molecular flexibility index (Phi) is 4.88. The summed E-state index contributed by atoms with van der Waals surface area (Å²) in [7, 11) is 0. The average molecular weight is 408 g/mol. The highest BCUT2D eigenvalue weighted by Crippen LogP contribution is 2.37. The fourth-order valence-electron chi connectivity index (χ4n) is 2.76. The molecule has 0 N–H and O–H groups in total. The van der Waals surface area contributed by atoms with E-state index in [0.717, 1.165) is 34.0 Å². The molecule has 1 aromatic carbocycles. The molecule has 0 aliphatic carbocycles. The van der Waals surface area contributed by atoms with Crippen molar-refractivity contribution in [3.05, 3.63) is 68.1 Å². The van der Waals surface area contributed by atoms with E-state index in [1.165, 1.54) is 17.0 Å². The number of thiophene rings is 1. The van der Waals surface area contributed by atoms with Crippen LogP contribution in [0.2, 0.25) is 0 Å². The Morgan fingerprint density at radius 1 is 1.12 bits per heavy atom. The zero-order valence-electron chi connectivity index (χ0n) is 13.9. The van der Waals surface area contributed by atoms with Gasteiger partial charge >= 0.3 is 0 Å². The fourth-order valence-corrected chi connectivity index (χ4v) is 4.25. The molecule has 0 saturated carbocycles. The highest BCUT2D eigenvalue weighted by molar-refractivity contribution is 9.11. The summed E-state index contributed by atoms with van der Waals surface area (Å²) >= 11 is 5.25. The van der Waals surface area contributed by atoms with Crippen molar-refractivity contribution >= 4 is 27.3 Å². The Labute approximate surface area is 153 Å². The predicted molar refractivity (Wildman–Crippen MR) is 99.0 cm³/mol. The van der Waals surface area contributed by atoms with E-state index in [2.05, 4.69) is 56.7 Å². The molecule has 3 rings (SSSR count). The lowest BCUT2D eigenvalue weighted by Crippen LogP contribution is -2.24. The number of halogens is 2. The van der Waals surface area contributed by atoms with Gasteiger partial charge in [-0.2, -0.15) is 0 Å². The van der Waals surface area contributed by atoms with Crippen molar-refractivity contribution < 1.29 is 4.39 Å². The molecule has 2 aromatic heterocycles. The second-order valence-corrected chi connectivity index (χ2v) is 8.79. The van der Waals surface area contributed by atoms with Crippen LogP contribution in [0, 0.1) is 12.7 Å². The second-order valence-electron chi connectivity index (χ2n) is 6.33. The molecule has 0 unspecified atom stereocenters. The van der Waals surface area contributed by atoms with Crippen molar-refractivity contribution in [3.63, 3.8) is 0 Å². The lowest BCUT2D eigenvalue weighted by atomic mass is 9.90. The molecule has 0 fully saturated rings. The Morgan fingerprint density at radius 3 is 2.46 bits per heavy atom. The van der Waals surface area contributed by atoms with E-state index in [4.69, 9.17) is 0 Å². The van der Waals surface area contributed by atoms with Crippen LogP contribution < -0.4 is 0 Å². The topological polar surface area (TPSA) is 30.7 Å². The maximum absolute atomic E-state index is 13.0. The summed E-state index contributed by atoms with van der Waals surface area (Å²) < 4.78 is 16.3. The van der Waals surface area contributed by atoms with E-state index in [0.29, 0.717) is 0 Å². The first-order valence-corrected chi connectivity index (χ1v) is 9.39. The lowest BCUT2D eigenvalue weighted by molar-refractivity contribution is 0.530. The number of aryl methyl sites for hydroxylation is 2. The Bertz CT molecular complexity index is 836. The van der Waals surface area contributed by atoms with Crippen LogP contribution in [0.15, 0.2) is 40.2 Å². The van der Waals surface area contributed by atoms with Crippen molar-refractivity contribution in [3.8, 4) is 0 Å². The van der Waals surface area contributed by atoms with Gasteiger partial charge in [-0.15, -0.1) is 21.5 Å². The maximum Gasteiger partial charge on any atom is 0.143 e. The molecule has 24 heavy (non-hydrogen) atoms. The predicted octanol–water partition coefficient (Wildman–Crippen LogP) is 5.12. The van der Waals surface area contributed by atoms with Gasteiger partial charge in [-0.1, -0.05) is 12.1 Å². The Balaban J connectivity index is 1.87. The van der Waals surface area contributed by atoms with E-state index >= 15 is 0 Å². The van der Waals surface area contributed by atoms with Gasteiger partial charge in [-0.3, -0.25) is 0 Å². The molecular formula is C18H19BrFN3S. The Hall–Kier alpha value is -1.53. The number of nitrogens with zero attached hydrogens (tertiary/aromatic N) is 3. The first kappa shape index (κ1) is 17.3. The number of rotatable bonds is 5. The van der Waals surface area contributed by atoms with E-state index in [1.807, 2.05) is 19.1 Å². The van der Waals surface area contributed by atoms with E-state index < -0.39 is 0 Å². The summed E-state index contributed by atoms with van der Waals surface area (Å²) in [6, 6.07) is 10.9. The summed E-state index contributed by atoms with van der Waals surface area (Å²) in [4.78, 5) is 1.24. The van der Waals surface area contributed by atoms with E-state index in [9.17, 15) is 4.39 Å². The molecular weight excluding hydrogens is 389 g/mol. The van der Waals surface area contributed by atoms with Gasteiger partial charge in [0.05, 0.1) is 9.20 Å². The van der Waals surface area contributed by atoms with Crippen LogP contribution in [0.3, 0.4) is 0 Å². The highest BCUT2D eigenvalue weighted by Gasteiger charge is 2.31. The number of hydrogen-bond donors (Lipinski definition) is 0. The summed E-state index contributed by atoms with van der Waals surface area (Å²) in [6.07, 6.45) is 0.816. The third-order valence-electron chi connectivity index (χ3n) is 4.22. The zero-order valence-corrected chi connectivity index (χ0v) is 16.3. The molecule has 0 aliphatic heterocycles. The molecule has 3 nitrogen and oxygen atoms in total. The van der Waals surface area contributed by atoms with Crippen molar-refractivity contribution in [1.82, 2.24) is 14.8 Å². The van der Waals surface area contributed by atoms with Crippen molar-refractivity contribution in [1.29, 1.82) is 0 Å². The standard InChI is InChI=1S/C18H19BrFN3S/c1-12-21-22-17(18(2,3)15-8-9-16(19)24-15)23(12)11-10-13-4-6-14(20)7-5-13/h4-9H,10-11H2,1-3H3. The molecule has 3 aromatic rings. The molecule has 6 heteroatoms. The first-order valence-electron chi connectivity index (χ1n) is 7.78. The molecule has 0 bridgehead atoms. The zero-order chi connectivity index (χ0) is 17.3. The summed E-state index contributed by atoms with van der Waals surface area (Å²) in [5.41, 5.74) is 0.882. The molecule has 0 atom stereocenters.